The molecule has 0 amide bonds. The van der Waals surface area contributed by atoms with Crippen molar-refractivity contribution in [2.24, 2.45) is 11.0 Å². The Hall–Kier alpha value is -5.22. The predicted octanol–water partition coefficient (Wildman–Crippen LogP) is 3.64. The lowest BCUT2D eigenvalue weighted by Crippen LogP contribution is -2.45. The molecule has 0 spiro atoms. The van der Waals surface area contributed by atoms with E-state index in [9.17, 15) is 0 Å². The fourth-order valence-electron chi connectivity index (χ4n) is 6.08. The van der Waals surface area contributed by atoms with E-state index in [-0.39, 0.29) is 0 Å². The lowest BCUT2D eigenvalue weighted by Gasteiger charge is -2.33. The van der Waals surface area contributed by atoms with Crippen molar-refractivity contribution in [1.82, 2.24) is 45.5 Å². The van der Waals surface area contributed by atoms with Crippen LogP contribution in [-0.4, -0.2) is 74.5 Å². The van der Waals surface area contributed by atoms with Crippen molar-refractivity contribution in [3.8, 4) is 23.3 Å². The molecule has 14 nitrogen and oxygen atoms in total. The number of nitrogens with one attached hydrogen (secondary N) is 4. The highest BCUT2D eigenvalue weighted by molar-refractivity contribution is 9.12. The van der Waals surface area contributed by atoms with Crippen molar-refractivity contribution in [3.05, 3.63) is 81.7 Å². The first-order valence-electron chi connectivity index (χ1n) is 16.2. The number of halogens is 1. The zero-order valence-electron chi connectivity index (χ0n) is 26.9. The summed E-state index contributed by atoms with van der Waals surface area (Å²) in [6, 6.07) is 13.0. The number of hydrogen-bond donors (Lipinski definition) is 5. The number of nitrogens with two attached hydrogens (primary N) is 1. The Balaban J connectivity index is 0.000000170. The first-order valence-corrected chi connectivity index (χ1v) is 17.0. The van der Waals surface area contributed by atoms with Gasteiger partial charge < -0.3 is 21.7 Å². The van der Waals surface area contributed by atoms with Gasteiger partial charge in [-0.25, -0.2) is 20.0 Å². The summed E-state index contributed by atoms with van der Waals surface area (Å²) in [4.78, 5) is 13.0. The van der Waals surface area contributed by atoms with Crippen molar-refractivity contribution in [1.29, 1.82) is 15.9 Å². The molecule has 0 bridgehead atoms. The Morgan fingerprint density at radius 2 is 1.71 bits per heavy atom. The number of pyridine rings is 2. The summed E-state index contributed by atoms with van der Waals surface area (Å²) in [5.41, 5.74) is 12.5. The third-order valence-corrected chi connectivity index (χ3v) is 9.54. The molecule has 2 fully saturated rings. The number of anilines is 1. The SMILES string of the molecule is N#Cc1ccc(-c2cnn3c(N)cc(C4CCCNC4)nc23)cn1.N#Cc1ccc(C/C=N\N2CNC(C3CCCNC3)=C(Br)C2=N)cn1. The zero-order chi connectivity index (χ0) is 34.2. The van der Waals surface area contributed by atoms with E-state index in [2.05, 4.69) is 52.0 Å². The normalized spacial score (nSPS) is 19.6. The maximum atomic E-state index is 8.88. The molecule has 0 aromatic carbocycles. The lowest BCUT2D eigenvalue weighted by molar-refractivity contribution is 0.356. The lowest BCUT2D eigenvalue weighted by atomic mass is 9.95. The van der Waals surface area contributed by atoms with E-state index in [1.807, 2.05) is 30.3 Å². The number of nitriles is 2. The molecule has 2 unspecified atom stereocenters. The van der Waals surface area contributed by atoms with Gasteiger partial charge in [-0.2, -0.15) is 25.2 Å². The largest absolute Gasteiger partial charge is 0.384 e. The number of amidine groups is 1. The van der Waals surface area contributed by atoms with E-state index >= 15 is 0 Å². The highest BCUT2D eigenvalue weighted by Crippen LogP contribution is 2.29. The van der Waals surface area contributed by atoms with Crippen LogP contribution in [0.1, 0.15) is 54.2 Å². The number of piperidine rings is 2. The average molecular weight is 722 g/mol. The standard InChI is InChI=1S/C17H20BrN7.C17H17N7/c18-15-16(13-2-1-6-21-10-13)23-11-25(17(15)20)24-7-5-12-3-4-14(8-19)22-9-12;18-7-13-4-3-11(9-21-13)14-10-22-24-16(19)6-15(23-17(14)24)12-2-1-5-20-8-12/h3-4,7,9,13,20-21,23H,1-2,5-6,10-11H2;3-4,6,9-10,12,20H,1-2,5,8,19H2/b20-17?,24-7-;. The third kappa shape index (κ3) is 7.92. The molecule has 7 rings (SSSR count). The molecular formula is C34H37BrN14. The summed E-state index contributed by atoms with van der Waals surface area (Å²) in [5, 5.41) is 46.5. The second kappa shape index (κ2) is 15.8. The number of hydrazone groups is 1. The van der Waals surface area contributed by atoms with Crippen molar-refractivity contribution in [2.75, 3.05) is 38.6 Å². The first kappa shape index (κ1) is 33.7. The minimum Gasteiger partial charge on any atom is -0.384 e. The number of nitrogen functional groups attached to an aromatic ring is 1. The Kier molecular flexibility index (Phi) is 10.8. The molecule has 250 valence electrons. The second-order valence-corrected chi connectivity index (χ2v) is 12.8. The maximum absolute atomic E-state index is 8.88. The number of rotatable bonds is 6. The van der Waals surface area contributed by atoms with Gasteiger partial charge in [0.1, 0.15) is 36.0 Å². The third-order valence-electron chi connectivity index (χ3n) is 8.74. The summed E-state index contributed by atoms with van der Waals surface area (Å²) < 4.78 is 2.43. The predicted molar refractivity (Wildman–Crippen MR) is 190 cm³/mol. The van der Waals surface area contributed by atoms with Gasteiger partial charge in [-0.05, 0) is 78.5 Å². The van der Waals surface area contributed by atoms with Crippen molar-refractivity contribution in [2.45, 2.75) is 38.0 Å². The topological polar surface area (TPSA) is 205 Å². The van der Waals surface area contributed by atoms with Crippen LogP contribution < -0.4 is 21.7 Å². The molecule has 3 aliphatic heterocycles. The van der Waals surface area contributed by atoms with Crippen LogP contribution in [0.4, 0.5) is 5.82 Å². The van der Waals surface area contributed by atoms with E-state index in [0.717, 1.165) is 90.1 Å². The molecule has 0 radical (unpaired) electrons. The Labute approximate surface area is 292 Å². The summed E-state index contributed by atoms with van der Waals surface area (Å²) in [5.74, 6) is 1.73. The fourth-order valence-corrected chi connectivity index (χ4v) is 6.74. The number of aromatic nitrogens is 5. The van der Waals surface area contributed by atoms with Crippen molar-refractivity contribution >= 4 is 39.4 Å². The Bertz CT molecular complexity index is 1920. The van der Waals surface area contributed by atoms with Gasteiger partial charge in [0.15, 0.2) is 11.5 Å². The highest BCUT2D eigenvalue weighted by atomic mass is 79.9. The molecule has 4 aromatic rings. The quantitative estimate of drug-likeness (QED) is 0.182. The molecule has 49 heavy (non-hydrogen) atoms. The minimum atomic E-state index is 0.368. The zero-order valence-corrected chi connectivity index (χ0v) is 28.5. The van der Waals surface area contributed by atoms with Crippen LogP contribution in [0, 0.1) is 34.0 Å². The van der Waals surface area contributed by atoms with Gasteiger partial charge in [-0.15, -0.1) is 0 Å². The monoisotopic (exact) mass is 720 g/mol. The molecule has 7 heterocycles. The van der Waals surface area contributed by atoms with E-state index < -0.39 is 0 Å². The second-order valence-electron chi connectivity index (χ2n) is 12.0. The molecule has 6 N–H and O–H groups in total. The molecule has 3 aliphatic rings. The molecule has 15 heteroatoms. The summed E-state index contributed by atoms with van der Waals surface area (Å²) in [6.45, 7) is 4.48. The molecule has 4 aromatic heterocycles. The van der Waals surface area contributed by atoms with Crippen LogP contribution in [0.3, 0.4) is 0 Å². The van der Waals surface area contributed by atoms with Crippen LogP contribution in [-0.2, 0) is 6.42 Å². The van der Waals surface area contributed by atoms with Gasteiger partial charge in [0.2, 0.25) is 0 Å². The maximum Gasteiger partial charge on any atom is 0.165 e. The van der Waals surface area contributed by atoms with Crippen LogP contribution in [0.5, 0.6) is 0 Å². The van der Waals surface area contributed by atoms with Crippen LogP contribution >= 0.6 is 15.9 Å². The summed E-state index contributed by atoms with van der Waals surface area (Å²) in [7, 11) is 0. The highest BCUT2D eigenvalue weighted by Gasteiger charge is 2.28. The van der Waals surface area contributed by atoms with Crippen LogP contribution in [0.2, 0.25) is 0 Å². The van der Waals surface area contributed by atoms with Gasteiger partial charge in [0.05, 0.1) is 16.4 Å². The molecule has 0 aliphatic carbocycles. The number of hydrogen-bond acceptors (Lipinski definition) is 12. The van der Waals surface area contributed by atoms with Crippen molar-refractivity contribution < 1.29 is 0 Å². The van der Waals surface area contributed by atoms with Crippen molar-refractivity contribution in [3.63, 3.8) is 0 Å². The molecule has 0 saturated carbocycles. The Morgan fingerprint density at radius 1 is 1.00 bits per heavy atom. The van der Waals surface area contributed by atoms with E-state index in [4.69, 9.17) is 26.7 Å². The van der Waals surface area contributed by atoms with Gasteiger partial charge in [0, 0.05) is 72.8 Å². The van der Waals surface area contributed by atoms with Gasteiger partial charge in [0.25, 0.3) is 0 Å². The van der Waals surface area contributed by atoms with E-state index in [1.165, 1.54) is 0 Å². The first-order chi connectivity index (χ1) is 23.9. The van der Waals surface area contributed by atoms with Gasteiger partial charge >= 0.3 is 0 Å². The van der Waals surface area contributed by atoms with E-state index in [1.54, 1.807) is 46.5 Å². The minimum absolute atomic E-state index is 0.368. The van der Waals surface area contributed by atoms with Gasteiger partial charge in [-0.1, -0.05) is 6.07 Å². The Morgan fingerprint density at radius 3 is 2.35 bits per heavy atom. The van der Waals surface area contributed by atoms with Gasteiger partial charge in [-0.3, -0.25) is 5.41 Å². The molecular weight excluding hydrogens is 684 g/mol. The van der Waals surface area contributed by atoms with E-state index in [0.29, 0.717) is 48.0 Å². The van der Waals surface area contributed by atoms with Crippen LogP contribution in [0.15, 0.2) is 64.2 Å². The molecule has 2 saturated heterocycles. The molecule has 2 atom stereocenters. The average Bonchev–Trinajstić information content (AvgIpc) is 3.59. The fraction of sp³-hybridized carbons (Fsp3) is 0.353. The summed E-state index contributed by atoms with van der Waals surface area (Å²) in [6.07, 6.45) is 12.0. The number of fused-ring (bicyclic) bond motifs is 1. The number of nitrogens with zero attached hydrogens (tertiary/aromatic N) is 9. The van der Waals surface area contributed by atoms with Crippen LogP contribution in [0.25, 0.3) is 16.8 Å². The summed E-state index contributed by atoms with van der Waals surface area (Å²) >= 11 is 3.56. The smallest absolute Gasteiger partial charge is 0.165 e.